The summed E-state index contributed by atoms with van der Waals surface area (Å²) in [5.74, 6) is -3.17. The van der Waals surface area contributed by atoms with Gasteiger partial charge >= 0.3 is 6.18 Å². The molecule has 2 N–H and O–H groups in total. The van der Waals surface area contributed by atoms with Crippen LogP contribution in [-0.2, 0) is 26.1 Å². The molecular formula is C33H26F3N9O5. The predicted molar refractivity (Wildman–Crippen MR) is 167 cm³/mol. The minimum absolute atomic E-state index is 0.0170. The molecule has 3 aliphatic rings. The lowest BCUT2D eigenvalue weighted by atomic mass is 9.94. The van der Waals surface area contributed by atoms with Gasteiger partial charge in [0.1, 0.15) is 17.6 Å². The van der Waals surface area contributed by atoms with E-state index in [4.69, 9.17) is 5.26 Å². The molecule has 0 radical (unpaired) electrons. The molecule has 0 saturated carbocycles. The Kier molecular flexibility index (Phi) is 8.23. The first-order chi connectivity index (χ1) is 23.6. The minimum Gasteiger partial charge on any atom is -0.370 e. The van der Waals surface area contributed by atoms with Gasteiger partial charge in [0.05, 0.1) is 46.4 Å². The van der Waals surface area contributed by atoms with Gasteiger partial charge in [-0.1, -0.05) is 6.08 Å². The molecule has 17 heteroatoms. The van der Waals surface area contributed by atoms with Crippen molar-refractivity contribution in [3.63, 3.8) is 0 Å². The molecule has 0 bridgehead atoms. The highest BCUT2D eigenvalue weighted by atomic mass is 19.4. The quantitative estimate of drug-likeness (QED) is 0.276. The number of nitriles is 2. The number of imide groups is 2. The summed E-state index contributed by atoms with van der Waals surface area (Å²) in [6.45, 7) is 3.92. The number of alkyl halides is 3. The van der Waals surface area contributed by atoms with Crippen molar-refractivity contribution in [2.24, 2.45) is 5.92 Å². The Morgan fingerprint density at radius 2 is 1.78 bits per heavy atom. The average Bonchev–Trinajstić information content (AvgIpc) is 3.64. The maximum absolute atomic E-state index is 13.4. The van der Waals surface area contributed by atoms with E-state index in [1.807, 2.05) is 4.90 Å². The number of halogens is 3. The van der Waals surface area contributed by atoms with Crippen LogP contribution in [0, 0.1) is 28.6 Å². The molecule has 3 aromatic rings. The van der Waals surface area contributed by atoms with E-state index in [2.05, 4.69) is 26.8 Å². The molecule has 2 aromatic heterocycles. The monoisotopic (exact) mass is 685 g/mol. The van der Waals surface area contributed by atoms with Gasteiger partial charge in [-0.3, -0.25) is 38.9 Å². The summed E-state index contributed by atoms with van der Waals surface area (Å²) >= 11 is 0. The van der Waals surface area contributed by atoms with Crippen molar-refractivity contribution in [3.8, 4) is 12.1 Å². The van der Waals surface area contributed by atoms with Gasteiger partial charge in [-0.05, 0) is 44.5 Å². The first-order valence-corrected chi connectivity index (χ1v) is 15.2. The van der Waals surface area contributed by atoms with Gasteiger partial charge in [0, 0.05) is 42.9 Å². The smallest absolute Gasteiger partial charge is 0.370 e. The Morgan fingerprint density at radius 1 is 1.06 bits per heavy atom. The first-order valence-electron chi connectivity index (χ1n) is 15.2. The molecule has 5 heterocycles. The summed E-state index contributed by atoms with van der Waals surface area (Å²) in [4.78, 5) is 69.5. The van der Waals surface area contributed by atoms with Crippen LogP contribution in [0.3, 0.4) is 0 Å². The van der Waals surface area contributed by atoms with Gasteiger partial charge in [-0.2, -0.15) is 28.8 Å². The van der Waals surface area contributed by atoms with Crippen LogP contribution in [0.25, 0.3) is 5.57 Å². The normalized spacial score (nSPS) is 18.3. The molecule has 6 rings (SSSR count). The lowest BCUT2D eigenvalue weighted by Crippen LogP contribution is -2.54. The highest BCUT2D eigenvalue weighted by Crippen LogP contribution is 2.35. The van der Waals surface area contributed by atoms with Crippen LogP contribution in [-0.4, -0.2) is 68.3 Å². The molecule has 1 unspecified atom stereocenters. The van der Waals surface area contributed by atoms with Crippen LogP contribution in [0.4, 0.5) is 24.5 Å². The van der Waals surface area contributed by atoms with Crippen LogP contribution in [0.2, 0.25) is 0 Å². The maximum Gasteiger partial charge on any atom is 0.419 e. The number of allylic oxidation sites excluding steroid dienone is 1. The summed E-state index contributed by atoms with van der Waals surface area (Å²) in [7, 11) is 0. The fourth-order valence-electron chi connectivity index (χ4n) is 5.91. The molecule has 2 fully saturated rings. The number of nitrogens with zero attached hydrogens (tertiary/aromatic N) is 7. The predicted octanol–water partition coefficient (Wildman–Crippen LogP) is 2.99. The van der Waals surface area contributed by atoms with E-state index in [0.29, 0.717) is 30.4 Å². The highest BCUT2D eigenvalue weighted by Gasteiger charge is 2.45. The number of carbonyl (C=O) groups excluding carboxylic acids is 5. The average molecular weight is 686 g/mol. The number of pyridine rings is 1. The largest absolute Gasteiger partial charge is 0.419 e. The number of hydrogen-bond acceptors (Lipinski definition) is 10. The van der Waals surface area contributed by atoms with Crippen LogP contribution in [0.15, 0.2) is 48.9 Å². The third-order valence-electron chi connectivity index (χ3n) is 8.80. The lowest BCUT2D eigenvalue weighted by Gasteiger charge is -2.40. The molecule has 3 aliphatic heterocycles. The second-order valence-electron chi connectivity index (χ2n) is 12.5. The van der Waals surface area contributed by atoms with Crippen LogP contribution < -0.4 is 15.5 Å². The molecule has 1 aromatic carbocycles. The summed E-state index contributed by atoms with van der Waals surface area (Å²) < 4.78 is 41.4. The topological polar surface area (TPSA) is 194 Å². The number of rotatable bonds is 7. The molecule has 0 aliphatic carbocycles. The van der Waals surface area contributed by atoms with Crippen molar-refractivity contribution in [1.82, 2.24) is 25.0 Å². The van der Waals surface area contributed by atoms with Crippen LogP contribution in [0.5, 0.6) is 0 Å². The fraction of sp³-hybridized carbons (Fsp3) is 0.303. The second kappa shape index (κ2) is 12.3. The molecule has 2 saturated heterocycles. The first kappa shape index (κ1) is 33.5. The molecule has 50 heavy (non-hydrogen) atoms. The van der Waals surface area contributed by atoms with Gasteiger partial charge in [-0.25, -0.2) is 4.98 Å². The van der Waals surface area contributed by atoms with Crippen molar-refractivity contribution < 1.29 is 37.1 Å². The molecule has 1 atom stereocenters. The maximum atomic E-state index is 13.4. The number of carbonyl (C=O) groups is 5. The van der Waals surface area contributed by atoms with E-state index in [0.717, 1.165) is 11.1 Å². The third kappa shape index (κ3) is 5.94. The molecular weight excluding hydrogens is 659 g/mol. The zero-order valence-electron chi connectivity index (χ0n) is 26.4. The van der Waals surface area contributed by atoms with Gasteiger partial charge in [0.2, 0.25) is 11.8 Å². The van der Waals surface area contributed by atoms with Gasteiger partial charge < -0.3 is 10.2 Å². The highest BCUT2D eigenvalue weighted by molar-refractivity contribution is 6.23. The summed E-state index contributed by atoms with van der Waals surface area (Å²) in [5.41, 5.74) is -2.12. The van der Waals surface area contributed by atoms with Crippen LogP contribution >= 0.6 is 0 Å². The number of anilines is 2. The summed E-state index contributed by atoms with van der Waals surface area (Å²) in [5, 5.41) is 27.6. The Hall–Kier alpha value is -6.36. The van der Waals surface area contributed by atoms with E-state index in [-0.39, 0.29) is 41.1 Å². The molecule has 0 spiro atoms. The van der Waals surface area contributed by atoms with Crippen molar-refractivity contribution in [1.29, 1.82) is 10.5 Å². The van der Waals surface area contributed by atoms with Gasteiger partial charge in [-0.15, -0.1) is 0 Å². The van der Waals surface area contributed by atoms with Crippen molar-refractivity contribution in [2.45, 2.75) is 44.4 Å². The molecule has 5 amide bonds. The Bertz CT molecular complexity index is 2100. The summed E-state index contributed by atoms with van der Waals surface area (Å²) in [6, 6.07) is 7.88. The van der Waals surface area contributed by atoms with E-state index < -0.39 is 58.6 Å². The second-order valence-corrected chi connectivity index (χ2v) is 12.5. The van der Waals surface area contributed by atoms with Crippen molar-refractivity contribution >= 4 is 46.5 Å². The van der Waals surface area contributed by atoms with E-state index in [9.17, 15) is 42.4 Å². The van der Waals surface area contributed by atoms with E-state index in [1.54, 1.807) is 18.2 Å². The zero-order chi connectivity index (χ0) is 36.1. The van der Waals surface area contributed by atoms with Gasteiger partial charge in [0.15, 0.2) is 5.69 Å². The standard InChI is InChI=1S/C33H26F3N9O5/c1-32(2,31(50)41-20-8-24(33(34,35)36)25(11-38)39-13-20)44-16-19(12-40-44)18(10-37)7-17-14-43(15-17)21-3-4-22-23(9-21)30(49)45(29(22)48)26-5-6-27(46)42-28(26)47/h3-4,7-9,12-13,16-17,26H,5-6,14-15H2,1-2H3,(H,41,50)(H,42,46,47)/b18-7+. The summed E-state index contributed by atoms with van der Waals surface area (Å²) in [6.07, 6.45) is 0.775. The van der Waals surface area contributed by atoms with Crippen LogP contribution in [0.1, 0.15) is 64.2 Å². The lowest BCUT2D eigenvalue weighted by molar-refractivity contribution is -0.138. The zero-order valence-corrected chi connectivity index (χ0v) is 26.4. The molecule has 254 valence electrons. The van der Waals surface area contributed by atoms with E-state index >= 15 is 0 Å². The number of piperidine rings is 1. The fourth-order valence-corrected chi connectivity index (χ4v) is 5.91. The van der Waals surface area contributed by atoms with Crippen molar-refractivity contribution in [3.05, 3.63) is 76.9 Å². The number of hydrogen-bond donors (Lipinski definition) is 2. The Balaban J connectivity index is 1.11. The Labute approximate surface area is 281 Å². The number of fused-ring (bicyclic) bond motifs is 1. The number of amides is 5. The molecule has 14 nitrogen and oxygen atoms in total. The SMILES string of the molecule is CC(C)(C(=O)Nc1cnc(C#N)c(C(F)(F)F)c1)n1cc(/C(C#N)=C/C2CN(c3ccc4c(c3)C(=O)N(C3CCC(=O)NC3=O)C4=O)C2)cn1. The Morgan fingerprint density at radius 3 is 2.44 bits per heavy atom. The van der Waals surface area contributed by atoms with Gasteiger partial charge in [0.25, 0.3) is 17.7 Å². The van der Waals surface area contributed by atoms with E-state index in [1.165, 1.54) is 43.1 Å². The minimum atomic E-state index is -4.86. The number of aromatic nitrogens is 3. The number of benzene rings is 1. The third-order valence-corrected chi connectivity index (χ3v) is 8.80. The van der Waals surface area contributed by atoms with Crippen molar-refractivity contribution in [2.75, 3.05) is 23.3 Å². The number of nitrogens with one attached hydrogen (secondary N) is 2.